The number of nitrogens with zero attached hydrogens (tertiary/aromatic N) is 4. The molecule has 110 valence electrons. The first-order valence-electron chi connectivity index (χ1n) is 6.10. The Morgan fingerprint density at radius 2 is 2.10 bits per heavy atom. The van der Waals surface area contributed by atoms with Gasteiger partial charge in [-0.15, -0.1) is 10.2 Å². The number of rotatable bonds is 5. The molecule has 0 fully saturated rings. The lowest BCUT2D eigenvalue weighted by Gasteiger charge is -2.20. The maximum absolute atomic E-state index is 12.6. The van der Waals surface area contributed by atoms with Gasteiger partial charge in [-0.25, -0.2) is 0 Å². The molecule has 0 N–H and O–H groups in total. The summed E-state index contributed by atoms with van der Waals surface area (Å²) in [7, 11) is 3.29. The van der Waals surface area contributed by atoms with Crippen LogP contribution in [0.3, 0.4) is 0 Å². The highest BCUT2D eigenvalue weighted by atomic mass is 19.4. The molecule has 0 radical (unpaired) electrons. The van der Waals surface area contributed by atoms with Gasteiger partial charge in [0.1, 0.15) is 0 Å². The van der Waals surface area contributed by atoms with Crippen molar-refractivity contribution in [2.24, 2.45) is 17.3 Å². The van der Waals surface area contributed by atoms with E-state index >= 15 is 0 Å². The van der Waals surface area contributed by atoms with Crippen LogP contribution >= 0.6 is 0 Å². The largest absolute Gasteiger partial charge is 0.437 e. The third-order valence-corrected chi connectivity index (χ3v) is 3.40. The van der Waals surface area contributed by atoms with Crippen LogP contribution in [-0.2, 0) is 18.3 Å². The molecule has 1 amide bonds. The van der Waals surface area contributed by atoms with Crippen LogP contribution in [0.25, 0.3) is 0 Å². The first kappa shape index (κ1) is 14.5. The average molecular weight is 288 g/mol. The minimum absolute atomic E-state index is 0.0320. The average Bonchev–Trinajstić information content (AvgIpc) is 3.06. The van der Waals surface area contributed by atoms with E-state index in [1.807, 2.05) is 19.3 Å². The highest BCUT2D eigenvalue weighted by Gasteiger charge is 2.63. The highest BCUT2D eigenvalue weighted by molar-refractivity contribution is 5.78. The zero-order valence-electron chi connectivity index (χ0n) is 11.2. The van der Waals surface area contributed by atoms with Gasteiger partial charge in [-0.1, -0.05) is 0 Å². The molecule has 0 unspecified atom stereocenters. The number of aryl methyl sites for hydroxylation is 1. The second-order valence-electron chi connectivity index (χ2n) is 4.87. The van der Waals surface area contributed by atoms with Crippen molar-refractivity contribution in [2.75, 3.05) is 13.6 Å². The van der Waals surface area contributed by atoms with E-state index in [9.17, 15) is 18.0 Å². The molecule has 0 bridgehead atoms. The summed E-state index contributed by atoms with van der Waals surface area (Å²) in [6.45, 7) is -0.0320. The summed E-state index contributed by atoms with van der Waals surface area (Å²) in [5.74, 6) is -0.232. The Kier molecular flexibility index (Phi) is 3.58. The molecular weight excluding hydrogens is 273 g/mol. The van der Waals surface area contributed by atoms with E-state index in [4.69, 9.17) is 0 Å². The van der Waals surface area contributed by atoms with Crippen molar-refractivity contribution in [3.8, 4) is 0 Å². The normalized spacial score (nSPS) is 16.2. The number of aromatic nitrogens is 1. The molecule has 0 saturated heterocycles. The molecule has 20 heavy (non-hydrogen) atoms. The molecule has 5 nitrogen and oxygen atoms in total. The van der Waals surface area contributed by atoms with Gasteiger partial charge >= 0.3 is 6.18 Å². The van der Waals surface area contributed by atoms with Crippen molar-refractivity contribution in [3.05, 3.63) is 24.0 Å². The molecule has 2 rings (SSSR count). The fourth-order valence-corrected chi connectivity index (χ4v) is 1.83. The van der Waals surface area contributed by atoms with E-state index < -0.39 is 11.8 Å². The summed E-state index contributed by atoms with van der Waals surface area (Å²) in [5.41, 5.74) is -1.47. The topological polar surface area (TPSA) is 50.0 Å². The molecule has 1 aliphatic heterocycles. The Hall–Kier alpha value is -1.86. The Labute approximate surface area is 114 Å². The number of hydrogen-bond acceptors (Lipinski definition) is 3. The monoisotopic (exact) mass is 288 g/mol. The number of amides is 1. The predicted molar refractivity (Wildman–Crippen MR) is 65.0 cm³/mol. The predicted octanol–water partition coefficient (Wildman–Crippen LogP) is 2.14. The molecule has 0 aliphatic carbocycles. The first-order chi connectivity index (χ1) is 9.25. The SMILES string of the molecule is CN(CCC1(C(F)(F)F)N=N1)C(=O)Cc1cccn1C. The zero-order chi connectivity index (χ0) is 15.0. The summed E-state index contributed by atoms with van der Waals surface area (Å²) in [6, 6.07) is 3.61. The van der Waals surface area contributed by atoms with E-state index in [-0.39, 0.29) is 25.3 Å². The molecular formula is C12H15F3N4O. The summed E-state index contributed by atoms with van der Waals surface area (Å²) in [5, 5.41) is 6.17. The highest BCUT2D eigenvalue weighted by Crippen LogP contribution is 2.46. The van der Waals surface area contributed by atoms with Gasteiger partial charge in [-0.2, -0.15) is 13.2 Å². The van der Waals surface area contributed by atoms with Gasteiger partial charge in [0, 0.05) is 39.0 Å². The number of carbonyl (C=O) groups excluding carboxylic acids is 1. The van der Waals surface area contributed by atoms with Crippen LogP contribution in [0.5, 0.6) is 0 Å². The van der Waals surface area contributed by atoms with Crippen LogP contribution in [0.15, 0.2) is 28.6 Å². The first-order valence-corrected chi connectivity index (χ1v) is 6.10. The fraction of sp³-hybridized carbons (Fsp3) is 0.583. The molecule has 0 spiro atoms. The quantitative estimate of drug-likeness (QED) is 0.819. The molecule has 2 heterocycles. The van der Waals surface area contributed by atoms with Crippen molar-refractivity contribution in [2.45, 2.75) is 24.7 Å². The smallest absolute Gasteiger partial charge is 0.354 e. The van der Waals surface area contributed by atoms with E-state index in [0.717, 1.165) is 5.69 Å². The fourth-order valence-electron chi connectivity index (χ4n) is 1.83. The molecule has 1 aromatic rings. The molecule has 0 atom stereocenters. The van der Waals surface area contributed by atoms with Gasteiger partial charge in [0.15, 0.2) is 0 Å². The third kappa shape index (κ3) is 2.83. The van der Waals surface area contributed by atoms with E-state index in [2.05, 4.69) is 10.2 Å². The summed E-state index contributed by atoms with van der Waals surface area (Å²) < 4.78 is 39.6. The Morgan fingerprint density at radius 1 is 1.45 bits per heavy atom. The van der Waals surface area contributed by atoms with E-state index in [1.165, 1.54) is 11.9 Å². The number of hydrogen-bond donors (Lipinski definition) is 0. The number of halogens is 3. The molecule has 1 aliphatic rings. The lowest BCUT2D eigenvalue weighted by atomic mass is 10.1. The van der Waals surface area contributed by atoms with Gasteiger partial charge in [0.25, 0.3) is 5.66 Å². The standard InChI is InChI=1S/C12H15F3N4O/c1-18-6-3-4-9(18)8-10(20)19(2)7-5-11(16-17-11)12(13,14)15/h3-4,6H,5,7-8H2,1-2H3. The number of alkyl halides is 3. The second-order valence-corrected chi connectivity index (χ2v) is 4.87. The molecule has 0 saturated carbocycles. The molecule has 8 heteroatoms. The maximum atomic E-state index is 12.6. The Morgan fingerprint density at radius 3 is 2.55 bits per heavy atom. The lowest BCUT2D eigenvalue weighted by molar-refractivity contribution is -0.166. The number of carbonyl (C=O) groups is 1. The second kappa shape index (κ2) is 4.92. The van der Waals surface area contributed by atoms with Gasteiger partial charge < -0.3 is 9.47 Å². The molecule has 0 aromatic carbocycles. The minimum Gasteiger partial charge on any atom is -0.354 e. The van der Waals surface area contributed by atoms with Gasteiger partial charge in [0.05, 0.1) is 6.42 Å². The number of likely N-dealkylation sites (N-methyl/N-ethyl adjacent to an activating group) is 1. The van der Waals surface area contributed by atoms with E-state index in [0.29, 0.717) is 0 Å². The minimum atomic E-state index is -4.48. The van der Waals surface area contributed by atoms with Gasteiger partial charge in [0.2, 0.25) is 5.91 Å². The zero-order valence-corrected chi connectivity index (χ0v) is 11.2. The van der Waals surface area contributed by atoms with Crippen molar-refractivity contribution in [3.63, 3.8) is 0 Å². The van der Waals surface area contributed by atoms with Crippen molar-refractivity contribution in [1.29, 1.82) is 0 Å². The van der Waals surface area contributed by atoms with Gasteiger partial charge in [-0.05, 0) is 12.1 Å². The van der Waals surface area contributed by atoms with Crippen LogP contribution in [0.2, 0.25) is 0 Å². The van der Waals surface area contributed by atoms with Crippen molar-refractivity contribution >= 4 is 5.91 Å². The van der Waals surface area contributed by atoms with Crippen molar-refractivity contribution in [1.82, 2.24) is 9.47 Å². The van der Waals surface area contributed by atoms with E-state index in [1.54, 1.807) is 10.6 Å². The lowest BCUT2D eigenvalue weighted by Crippen LogP contribution is -2.38. The van der Waals surface area contributed by atoms with Crippen LogP contribution < -0.4 is 0 Å². The Balaban J connectivity index is 1.85. The summed E-state index contributed by atoms with van der Waals surface area (Å²) in [6.07, 6.45) is -2.84. The van der Waals surface area contributed by atoms with Crippen molar-refractivity contribution < 1.29 is 18.0 Å². The van der Waals surface area contributed by atoms with Crippen LogP contribution in [0.4, 0.5) is 13.2 Å². The molecule has 1 aromatic heterocycles. The van der Waals surface area contributed by atoms with Crippen LogP contribution in [0.1, 0.15) is 12.1 Å². The van der Waals surface area contributed by atoms with Crippen LogP contribution in [0, 0.1) is 0 Å². The van der Waals surface area contributed by atoms with Crippen LogP contribution in [-0.4, -0.2) is 40.8 Å². The summed E-state index contributed by atoms with van der Waals surface area (Å²) >= 11 is 0. The third-order valence-electron chi connectivity index (χ3n) is 3.40. The van der Waals surface area contributed by atoms with Gasteiger partial charge in [-0.3, -0.25) is 4.79 Å². The Bertz CT molecular complexity index is 529. The maximum Gasteiger partial charge on any atom is 0.437 e. The summed E-state index contributed by atoms with van der Waals surface area (Å²) in [4.78, 5) is 13.2.